The number of hydrogen-bond acceptors (Lipinski definition) is 5. The van der Waals surface area contributed by atoms with Crippen LogP contribution in [0.15, 0.2) is 71.9 Å². The van der Waals surface area contributed by atoms with Crippen LogP contribution < -0.4 is 25.3 Å². The van der Waals surface area contributed by atoms with Crippen molar-refractivity contribution in [3.05, 3.63) is 83.7 Å². The number of nitrogens with one attached hydrogen (secondary N) is 1. The topological polar surface area (TPSA) is 91.0 Å². The highest BCUT2D eigenvalue weighted by molar-refractivity contribution is 5.77. The molecule has 7 heteroatoms. The molecule has 0 bridgehead atoms. The van der Waals surface area contributed by atoms with Crippen LogP contribution in [-0.2, 0) is 19.7 Å². The monoisotopic (exact) mass is 406 g/mol. The number of benzene rings is 2. The summed E-state index contributed by atoms with van der Waals surface area (Å²) in [7, 11) is 3.21. The number of nitrogens with two attached hydrogens (primary N) is 1. The van der Waals surface area contributed by atoms with E-state index in [1.807, 2.05) is 60.7 Å². The molecular formula is C23H26N4O3. The van der Waals surface area contributed by atoms with Crippen LogP contribution in [0.25, 0.3) is 0 Å². The van der Waals surface area contributed by atoms with Crippen molar-refractivity contribution in [3.63, 3.8) is 0 Å². The standard InChI is InChI=1S/C23H26N4O3/c1-28-21-11-8-18(13-22(21)29-2)15-27-23(24)26-14-17-6-9-20(10-7-17)30-16-19-5-3-4-12-25-19/h3-13H,14-16H2,1-2H3,(H3,24,26,27). The lowest BCUT2D eigenvalue weighted by Gasteiger charge is -2.10. The van der Waals surface area contributed by atoms with Crippen molar-refractivity contribution in [1.29, 1.82) is 0 Å². The van der Waals surface area contributed by atoms with Crippen LogP contribution in [-0.4, -0.2) is 25.2 Å². The summed E-state index contributed by atoms with van der Waals surface area (Å²) < 4.78 is 16.3. The predicted molar refractivity (Wildman–Crippen MR) is 117 cm³/mol. The summed E-state index contributed by atoms with van der Waals surface area (Å²) in [5.41, 5.74) is 8.93. The molecule has 30 heavy (non-hydrogen) atoms. The van der Waals surface area contributed by atoms with E-state index in [9.17, 15) is 0 Å². The van der Waals surface area contributed by atoms with Crippen LogP contribution >= 0.6 is 0 Å². The van der Waals surface area contributed by atoms with Crippen LogP contribution in [0.4, 0.5) is 0 Å². The average Bonchev–Trinajstić information content (AvgIpc) is 2.81. The van der Waals surface area contributed by atoms with Gasteiger partial charge in [0.15, 0.2) is 17.5 Å². The zero-order chi connectivity index (χ0) is 21.2. The predicted octanol–water partition coefficient (Wildman–Crippen LogP) is 3.28. The maximum absolute atomic E-state index is 5.99. The molecule has 7 nitrogen and oxygen atoms in total. The van der Waals surface area contributed by atoms with Crippen LogP contribution in [0.5, 0.6) is 17.2 Å². The number of methoxy groups -OCH3 is 2. The van der Waals surface area contributed by atoms with Crippen LogP contribution in [0.3, 0.4) is 0 Å². The molecule has 156 valence electrons. The van der Waals surface area contributed by atoms with E-state index in [0.29, 0.717) is 37.2 Å². The minimum Gasteiger partial charge on any atom is -0.493 e. The van der Waals surface area contributed by atoms with Crippen molar-refractivity contribution in [2.45, 2.75) is 19.7 Å². The minimum absolute atomic E-state index is 0.375. The number of nitrogens with zero attached hydrogens (tertiary/aromatic N) is 2. The van der Waals surface area contributed by atoms with Gasteiger partial charge in [-0.1, -0.05) is 24.3 Å². The molecule has 3 aromatic rings. The van der Waals surface area contributed by atoms with Gasteiger partial charge in [-0.15, -0.1) is 0 Å². The van der Waals surface area contributed by atoms with E-state index >= 15 is 0 Å². The highest BCUT2D eigenvalue weighted by atomic mass is 16.5. The molecule has 0 aliphatic rings. The zero-order valence-electron chi connectivity index (χ0n) is 17.2. The van der Waals surface area contributed by atoms with Gasteiger partial charge in [0.05, 0.1) is 26.5 Å². The first-order chi connectivity index (χ1) is 14.7. The second-order valence-electron chi connectivity index (χ2n) is 6.50. The van der Waals surface area contributed by atoms with Gasteiger partial charge in [0, 0.05) is 12.7 Å². The Bertz CT molecular complexity index is 960. The lowest BCUT2D eigenvalue weighted by molar-refractivity contribution is 0.301. The van der Waals surface area contributed by atoms with E-state index in [2.05, 4.69) is 15.3 Å². The number of aromatic nitrogens is 1. The smallest absolute Gasteiger partial charge is 0.189 e. The Morgan fingerprint density at radius 1 is 0.967 bits per heavy atom. The molecule has 0 fully saturated rings. The van der Waals surface area contributed by atoms with Crippen molar-refractivity contribution in [2.24, 2.45) is 10.7 Å². The van der Waals surface area contributed by atoms with Crippen molar-refractivity contribution < 1.29 is 14.2 Å². The number of hydrogen-bond donors (Lipinski definition) is 2. The molecule has 0 aliphatic carbocycles. The Kier molecular flexibility index (Phi) is 7.49. The third kappa shape index (κ3) is 6.13. The summed E-state index contributed by atoms with van der Waals surface area (Å²) in [6, 6.07) is 19.3. The van der Waals surface area contributed by atoms with E-state index in [-0.39, 0.29) is 0 Å². The van der Waals surface area contributed by atoms with E-state index in [1.165, 1.54) is 0 Å². The first-order valence-electron chi connectivity index (χ1n) is 9.54. The fourth-order valence-corrected chi connectivity index (χ4v) is 2.75. The molecular weight excluding hydrogens is 380 g/mol. The molecule has 0 atom stereocenters. The maximum atomic E-state index is 5.99. The first kappa shape index (κ1) is 21.0. The molecule has 3 N–H and O–H groups in total. The Morgan fingerprint density at radius 2 is 1.73 bits per heavy atom. The van der Waals surface area contributed by atoms with Gasteiger partial charge in [-0.05, 0) is 47.5 Å². The molecule has 0 spiro atoms. The van der Waals surface area contributed by atoms with Crippen LogP contribution in [0.1, 0.15) is 16.8 Å². The quantitative estimate of drug-likeness (QED) is 0.419. The summed E-state index contributed by atoms with van der Waals surface area (Å²) in [5.74, 6) is 2.52. The van der Waals surface area contributed by atoms with Gasteiger partial charge in [0.25, 0.3) is 0 Å². The molecule has 1 heterocycles. The van der Waals surface area contributed by atoms with Gasteiger partial charge < -0.3 is 25.3 Å². The number of aliphatic imine (C=N–C) groups is 1. The Morgan fingerprint density at radius 3 is 2.43 bits per heavy atom. The number of ether oxygens (including phenoxy) is 3. The highest BCUT2D eigenvalue weighted by Gasteiger charge is 2.04. The average molecular weight is 406 g/mol. The number of rotatable bonds is 9. The minimum atomic E-state index is 0.375. The lowest BCUT2D eigenvalue weighted by Crippen LogP contribution is -2.31. The van der Waals surface area contributed by atoms with Gasteiger partial charge in [-0.2, -0.15) is 0 Å². The fourth-order valence-electron chi connectivity index (χ4n) is 2.75. The van der Waals surface area contributed by atoms with Gasteiger partial charge in [-0.3, -0.25) is 4.98 Å². The number of pyridine rings is 1. The van der Waals surface area contributed by atoms with Gasteiger partial charge in [0.2, 0.25) is 0 Å². The molecule has 1 aromatic heterocycles. The van der Waals surface area contributed by atoms with Gasteiger partial charge >= 0.3 is 0 Å². The van der Waals surface area contributed by atoms with Crippen molar-refractivity contribution >= 4 is 5.96 Å². The maximum Gasteiger partial charge on any atom is 0.189 e. The summed E-state index contributed by atoms with van der Waals surface area (Å²) in [4.78, 5) is 8.62. The highest BCUT2D eigenvalue weighted by Crippen LogP contribution is 2.27. The van der Waals surface area contributed by atoms with Crippen LogP contribution in [0.2, 0.25) is 0 Å². The summed E-state index contributed by atoms with van der Waals surface area (Å²) in [5, 5.41) is 3.12. The second kappa shape index (κ2) is 10.7. The normalized spacial score (nSPS) is 11.1. The molecule has 3 rings (SSSR count). The first-order valence-corrected chi connectivity index (χ1v) is 9.54. The molecule has 0 radical (unpaired) electrons. The molecule has 2 aromatic carbocycles. The van der Waals surface area contributed by atoms with Crippen molar-refractivity contribution in [3.8, 4) is 17.2 Å². The molecule has 0 saturated heterocycles. The van der Waals surface area contributed by atoms with Crippen molar-refractivity contribution in [1.82, 2.24) is 10.3 Å². The Balaban J connectivity index is 1.47. The molecule has 0 aliphatic heterocycles. The molecule has 0 unspecified atom stereocenters. The van der Waals surface area contributed by atoms with E-state index < -0.39 is 0 Å². The number of guanidine groups is 1. The lowest BCUT2D eigenvalue weighted by atomic mass is 10.2. The van der Waals surface area contributed by atoms with Gasteiger partial charge in [-0.25, -0.2) is 4.99 Å². The molecule has 0 amide bonds. The third-order valence-electron chi connectivity index (χ3n) is 4.39. The van der Waals surface area contributed by atoms with Gasteiger partial charge in [0.1, 0.15) is 12.4 Å². The SMILES string of the molecule is COc1ccc(CN=C(N)NCc2ccc(OCc3ccccn3)cc2)cc1OC. The largest absolute Gasteiger partial charge is 0.493 e. The Hall–Kier alpha value is -3.74. The fraction of sp³-hybridized carbons (Fsp3) is 0.217. The summed E-state index contributed by atoms with van der Waals surface area (Å²) in [6.07, 6.45) is 1.75. The summed E-state index contributed by atoms with van der Waals surface area (Å²) >= 11 is 0. The van der Waals surface area contributed by atoms with Crippen LogP contribution in [0, 0.1) is 0 Å². The van der Waals surface area contributed by atoms with Crippen molar-refractivity contribution in [2.75, 3.05) is 14.2 Å². The zero-order valence-corrected chi connectivity index (χ0v) is 17.2. The van der Waals surface area contributed by atoms with E-state index in [1.54, 1.807) is 20.4 Å². The molecule has 0 saturated carbocycles. The second-order valence-corrected chi connectivity index (χ2v) is 6.50. The Labute approximate surface area is 176 Å². The van der Waals surface area contributed by atoms with E-state index in [4.69, 9.17) is 19.9 Å². The third-order valence-corrected chi connectivity index (χ3v) is 4.39. The summed E-state index contributed by atoms with van der Waals surface area (Å²) in [6.45, 7) is 1.45. The van der Waals surface area contributed by atoms with E-state index in [0.717, 1.165) is 22.6 Å².